The molecule has 23 heteroatoms. The van der Waals surface area contributed by atoms with E-state index in [9.17, 15) is 65.2 Å². The number of ether oxygens (including phenoxy) is 1. The van der Waals surface area contributed by atoms with E-state index < -0.39 is 134 Å². The lowest BCUT2D eigenvalue weighted by molar-refractivity contribution is -0.166. The van der Waals surface area contributed by atoms with Gasteiger partial charge in [0.15, 0.2) is 6.10 Å². The Morgan fingerprint density at radius 3 is 1.84 bits per heavy atom. The monoisotopic (exact) mass is 1100 g/mol. The molecule has 400 valence electrons. The third kappa shape index (κ3) is 16.9. The van der Waals surface area contributed by atoms with E-state index in [2.05, 4.69) is 26.6 Å². The highest BCUT2D eigenvalue weighted by atomic mass is 79.9. The standard InChI is InChI=1S/C50H63BrF6N8O8/c1-28(2)22-36-46(70)62(6)30(5)48(72)73-41(14-11-21-58)44(68)61-37(25-50(55,56)57)47(71)63(7)39(23-29(3)4)42(66)59-35(19-20-49(52,53)54)45(69)64(8)40(43(67)60-36)24-32-27-65(38-13-10-9-12-34(32)38)26-31-15-17-33(51)18-16-31/h9-10,12-13,15-18,27-30,35-37,39-41H,11,14,19-20,22-26H2,1-8H3,(H,59,66)(H,60,67)(H,61,68)/t30-,35-,36-,37-,39-,40-,41+/m0/s1. The molecule has 73 heavy (non-hydrogen) atoms. The van der Waals surface area contributed by atoms with Crippen molar-refractivity contribution in [3.05, 3.63) is 70.3 Å². The van der Waals surface area contributed by atoms with Crippen LogP contribution >= 0.6 is 15.9 Å². The summed E-state index contributed by atoms with van der Waals surface area (Å²) in [5, 5.41) is 17.0. The van der Waals surface area contributed by atoms with Crippen molar-refractivity contribution in [1.29, 1.82) is 5.26 Å². The Morgan fingerprint density at radius 1 is 0.699 bits per heavy atom. The van der Waals surface area contributed by atoms with Gasteiger partial charge >= 0.3 is 18.3 Å². The summed E-state index contributed by atoms with van der Waals surface area (Å²) in [5.41, 5.74) is 2.13. The van der Waals surface area contributed by atoms with Crippen molar-refractivity contribution in [1.82, 2.24) is 35.2 Å². The van der Waals surface area contributed by atoms with E-state index in [0.29, 0.717) is 22.4 Å². The van der Waals surface area contributed by atoms with E-state index >= 15 is 0 Å². The van der Waals surface area contributed by atoms with Gasteiger partial charge in [0.1, 0.15) is 36.3 Å². The number of carbonyl (C=O) groups is 7. The maximum atomic E-state index is 15.0. The molecule has 16 nitrogen and oxygen atoms in total. The molecular weight excluding hydrogens is 1030 g/mol. The first-order valence-corrected chi connectivity index (χ1v) is 24.5. The lowest BCUT2D eigenvalue weighted by Crippen LogP contribution is -2.60. The number of rotatable bonds is 13. The van der Waals surface area contributed by atoms with Crippen molar-refractivity contribution < 1.29 is 64.6 Å². The fourth-order valence-electron chi connectivity index (χ4n) is 8.47. The Kier molecular flexibility index (Phi) is 20.9. The first-order valence-electron chi connectivity index (χ1n) is 23.7. The number of nitrogens with zero attached hydrogens (tertiary/aromatic N) is 5. The molecule has 1 fully saturated rings. The van der Waals surface area contributed by atoms with Crippen molar-refractivity contribution in [2.45, 2.75) is 147 Å². The van der Waals surface area contributed by atoms with Crippen LogP contribution in [-0.2, 0) is 51.3 Å². The van der Waals surface area contributed by atoms with Gasteiger partial charge in [-0.3, -0.25) is 28.8 Å². The van der Waals surface area contributed by atoms with Crippen molar-refractivity contribution in [2.75, 3.05) is 21.1 Å². The van der Waals surface area contributed by atoms with Crippen LogP contribution in [0, 0.1) is 23.2 Å². The lowest BCUT2D eigenvalue weighted by atomic mass is 9.98. The third-order valence-corrected chi connectivity index (χ3v) is 13.1. The van der Waals surface area contributed by atoms with Gasteiger partial charge in [-0.2, -0.15) is 31.6 Å². The Balaban J connectivity index is 1.95. The number of hydrogen-bond acceptors (Lipinski definition) is 9. The number of halogens is 7. The van der Waals surface area contributed by atoms with Crippen LogP contribution in [0.15, 0.2) is 59.2 Å². The summed E-state index contributed by atoms with van der Waals surface area (Å²) in [6.45, 7) is 8.21. The molecule has 2 aromatic carbocycles. The van der Waals surface area contributed by atoms with Crippen molar-refractivity contribution >= 4 is 68.2 Å². The molecule has 1 aliphatic heterocycles. The molecule has 3 N–H and O–H groups in total. The third-order valence-electron chi connectivity index (χ3n) is 12.5. The van der Waals surface area contributed by atoms with Gasteiger partial charge in [-0.05, 0) is 67.3 Å². The summed E-state index contributed by atoms with van der Waals surface area (Å²) < 4.78 is 92.8. The van der Waals surface area contributed by atoms with Gasteiger partial charge in [-0.25, -0.2) is 4.79 Å². The molecule has 4 rings (SSSR count). The molecule has 0 saturated carbocycles. The summed E-state index contributed by atoms with van der Waals surface area (Å²) in [5.74, 6) is -9.19. The Labute approximate surface area is 428 Å². The summed E-state index contributed by atoms with van der Waals surface area (Å²) in [6.07, 6.45) is -16.6. The number of nitrogens with one attached hydrogen (secondary N) is 3. The predicted octanol–water partition coefficient (Wildman–Crippen LogP) is 6.57. The second kappa shape index (κ2) is 25.7. The normalized spacial score (nSPS) is 23.0. The number of benzene rings is 2. The molecule has 1 aliphatic rings. The van der Waals surface area contributed by atoms with E-state index in [0.717, 1.165) is 39.4 Å². The molecule has 1 aromatic heterocycles. The van der Waals surface area contributed by atoms with Gasteiger partial charge in [-0.1, -0.05) is 74.0 Å². The second-order valence-electron chi connectivity index (χ2n) is 19.2. The van der Waals surface area contributed by atoms with Crippen LogP contribution in [0.5, 0.6) is 0 Å². The van der Waals surface area contributed by atoms with E-state index in [-0.39, 0.29) is 25.2 Å². The molecule has 2 heterocycles. The van der Waals surface area contributed by atoms with Crippen LogP contribution in [0.4, 0.5) is 26.3 Å². The van der Waals surface area contributed by atoms with Crippen molar-refractivity contribution in [2.24, 2.45) is 11.8 Å². The highest BCUT2D eigenvalue weighted by Gasteiger charge is 2.44. The van der Waals surface area contributed by atoms with E-state index in [4.69, 9.17) is 4.74 Å². The lowest BCUT2D eigenvalue weighted by Gasteiger charge is -2.35. The molecule has 0 spiro atoms. The number of carbonyl (C=O) groups excluding carboxylic acids is 7. The molecule has 1 saturated heterocycles. The molecule has 0 aliphatic carbocycles. The number of amides is 6. The predicted molar refractivity (Wildman–Crippen MR) is 260 cm³/mol. The minimum Gasteiger partial charge on any atom is -0.451 e. The minimum absolute atomic E-state index is 0.0512. The van der Waals surface area contributed by atoms with Crippen LogP contribution in [0.1, 0.15) is 90.7 Å². The summed E-state index contributed by atoms with van der Waals surface area (Å²) in [4.78, 5) is 103. The molecule has 7 atom stereocenters. The quantitative estimate of drug-likeness (QED) is 0.125. The van der Waals surface area contributed by atoms with Crippen LogP contribution in [-0.4, -0.2) is 137 Å². The van der Waals surface area contributed by atoms with Crippen molar-refractivity contribution in [3.8, 4) is 6.07 Å². The molecule has 0 radical (unpaired) electrons. The number of cyclic esters (lactones) is 1. The molecule has 0 bridgehead atoms. The average molecular weight is 1100 g/mol. The number of para-hydroxylation sites is 1. The minimum atomic E-state index is -5.13. The number of hydrogen-bond donors (Lipinski definition) is 3. The number of fused-ring (bicyclic) bond motifs is 1. The van der Waals surface area contributed by atoms with Gasteiger partial charge in [0.05, 0.1) is 12.5 Å². The van der Waals surface area contributed by atoms with Gasteiger partial charge in [0.2, 0.25) is 29.5 Å². The topological polar surface area (TPSA) is 203 Å². The fourth-order valence-corrected chi connectivity index (χ4v) is 8.73. The zero-order valence-corrected chi connectivity index (χ0v) is 43.5. The smallest absolute Gasteiger partial charge is 0.391 e. The maximum Gasteiger partial charge on any atom is 0.391 e. The summed E-state index contributed by atoms with van der Waals surface area (Å²) >= 11 is 3.43. The Hall–Kier alpha value is -6.18. The molecular formula is C50H63BrF6N8O8. The van der Waals surface area contributed by atoms with Crippen LogP contribution < -0.4 is 16.0 Å². The molecule has 0 unspecified atom stereocenters. The summed E-state index contributed by atoms with van der Waals surface area (Å²) in [7, 11) is 3.28. The van der Waals surface area contributed by atoms with E-state index in [1.807, 2.05) is 40.2 Å². The number of alkyl halides is 6. The number of likely N-dealkylation sites (N-methyl/N-ethyl adjacent to an activating group) is 3. The fraction of sp³-hybridized carbons (Fsp3) is 0.560. The maximum absolute atomic E-state index is 15.0. The molecule has 6 amide bonds. The van der Waals surface area contributed by atoms with Crippen molar-refractivity contribution in [3.63, 3.8) is 0 Å². The van der Waals surface area contributed by atoms with Gasteiger partial charge in [0, 0.05) is 74.9 Å². The van der Waals surface area contributed by atoms with Crippen LogP contribution in [0.3, 0.4) is 0 Å². The zero-order valence-electron chi connectivity index (χ0n) is 41.9. The number of nitriles is 1. The Morgan fingerprint density at radius 2 is 1.25 bits per heavy atom. The Bertz CT molecular complexity index is 2490. The average Bonchev–Trinajstić information content (AvgIpc) is 3.65. The zero-order chi connectivity index (χ0) is 54.7. The summed E-state index contributed by atoms with van der Waals surface area (Å²) in [6, 6.07) is 5.61. The van der Waals surface area contributed by atoms with Gasteiger partial charge in [-0.15, -0.1) is 0 Å². The largest absolute Gasteiger partial charge is 0.451 e. The van der Waals surface area contributed by atoms with E-state index in [1.165, 1.54) is 14.0 Å². The van der Waals surface area contributed by atoms with Gasteiger partial charge < -0.3 is 40.0 Å². The SMILES string of the molecule is CC(C)C[C@@H]1NC(=O)[C@H](Cc2cn(Cc3ccc(Br)cc3)c3ccccc23)N(C)C(=O)[C@H](CCC(F)(F)F)NC(=O)[C@H](CC(C)C)N(C)C(=O)[C@H](CC(F)(F)F)NC(=O)[C@@H](CCC#N)OC(=O)[C@H](C)N(C)C1=O. The number of esters is 1. The van der Waals surface area contributed by atoms with Crippen LogP contribution in [0.2, 0.25) is 0 Å². The van der Waals surface area contributed by atoms with E-state index in [1.54, 1.807) is 58.2 Å². The molecule has 3 aromatic rings. The first-order chi connectivity index (χ1) is 34.0. The highest BCUT2D eigenvalue weighted by Crippen LogP contribution is 2.29. The second-order valence-corrected chi connectivity index (χ2v) is 20.1. The van der Waals surface area contributed by atoms with Crippen LogP contribution in [0.25, 0.3) is 10.9 Å². The highest BCUT2D eigenvalue weighted by molar-refractivity contribution is 9.10. The first kappa shape index (κ1) is 59.4. The number of aromatic nitrogens is 1. The van der Waals surface area contributed by atoms with Gasteiger partial charge in [0.25, 0.3) is 5.91 Å².